The first-order valence-electron chi connectivity index (χ1n) is 7.13. The molecule has 0 fully saturated rings. The Balaban J connectivity index is 2.77. The highest BCUT2D eigenvalue weighted by Gasteiger charge is 2.20. The fourth-order valence-corrected chi connectivity index (χ4v) is 2.98. The van der Waals surface area contributed by atoms with E-state index >= 15 is 0 Å². The van der Waals surface area contributed by atoms with E-state index in [1.807, 2.05) is 20.8 Å². The fourth-order valence-electron chi connectivity index (χ4n) is 1.68. The molecule has 0 amide bonds. The standard InChI is InChI=1S/C14H25N3O2S/c1-5-9-15-14-8-7-13(10-16-14)20(18,19)17-12(4)11(3)6-2/h7-8,10-12,17H,5-6,9H2,1-4H3,(H,15,16). The number of hydrogen-bond acceptors (Lipinski definition) is 4. The second-order valence-electron chi connectivity index (χ2n) is 5.10. The van der Waals surface area contributed by atoms with Crippen LogP contribution in [0, 0.1) is 5.92 Å². The van der Waals surface area contributed by atoms with E-state index in [4.69, 9.17) is 0 Å². The van der Waals surface area contributed by atoms with Crippen LogP contribution in [0.1, 0.15) is 40.5 Å². The van der Waals surface area contributed by atoms with Gasteiger partial charge in [-0.15, -0.1) is 0 Å². The molecule has 0 spiro atoms. The Morgan fingerprint density at radius 1 is 1.25 bits per heavy atom. The van der Waals surface area contributed by atoms with Gasteiger partial charge in [-0.1, -0.05) is 27.2 Å². The van der Waals surface area contributed by atoms with Gasteiger partial charge in [0.25, 0.3) is 0 Å². The smallest absolute Gasteiger partial charge is 0.242 e. The lowest BCUT2D eigenvalue weighted by Gasteiger charge is -2.19. The van der Waals surface area contributed by atoms with E-state index in [1.165, 1.54) is 6.20 Å². The van der Waals surface area contributed by atoms with Gasteiger partial charge in [0.2, 0.25) is 10.0 Å². The highest BCUT2D eigenvalue weighted by atomic mass is 32.2. The summed E-state index contributed by atoms with van der Waals surface area (Å²) in [5.41, 5.74) is 0. The van der Waals surface area contributed by atoms with Gasteiger partial charge >= 0.3 is 0 Å². The molecule has 114 valence electrons. The van der Waals surface area contributed by atoms with E-state index in [1.54, 1.807) is 12.1 Å². The minimum absolute atomic E-state index is 0.0945. The normalized spacial score (nSPS) is 14.8. The molecule has 1 rings (SSSR count). The average molecular weight is 299 g/mol. The van der Waals surface area contributed by atoms with Gasteiger partial charge < -0.3 is 5.32 Å². The predicted octanol–water partition coefficient (Wildman–Crippen LogP) is 2.62. The van der Waals surface area contributed by atoms with E-state index in [2.05, 4.69) is 21.9 Å². The number of aromatic nitrogens is 1. The van der Waals surface area contributed by atoms with Crippen molar-refractivity contribution in [1.29, 1.82) is 0 Å². The van der Waals surface area contributed by atoms with Crippen LogP contribution in [0.25, 0.3) is 0 Å². The molecule has 1 aromatic rings. The van der Waals surface area contributed by atoms with Crippen LogP contribution in [0.4, 0.5) is 5.82 Å². The molecule has 0 aromatic carbocycles. The van der Waals surface area contributed by atoms with Crippen LogP contribution in [-0.2, 0) is 10.0 Å². The molecule has 2 unspecified atom stereocenters. The molecule has 0 bridgehead atoms. The first-order chi connectivity index (χ1) is 9.40. The molecule has 0 aliphatic rings. The third-order valence-corrected chi connectivity index (χ3v) is 4.99. The van der Waals surface area contributed by atoms with Gasteiger partial charge in [-0.3, -0.25) is 0 Å². The summed E-state index contributed by atoms with van der Waals surface area (Å²) >= 11 is 0. The number of nitrogens with one attached hydrogen (secondary N) is 2. The zero-order chi connectivity index (χ0) is 15.2. The third-order valence-electron chi connectivity index (χ3n) is 3.44. The quantitative estimate of drug-likeness (QED) is 0.774. The van der Waals surface area contributed by atoms with Gasteiger partial charge in [0, 0.05) is 18.8 Å². The van der Waals surface area contributed by atoms with Crippen molar-refractivity contribution in [3.63, 3.8) is 0 Å². The van der Waals surface area contributed by atoms with E-state index < -0.39 is 10.0 Å². The zero-order valence-electron chi connectivity index (χ0n) is 12.7. The number of pyridine rings is 1. The Morgan fingerprint density at radius 2 is 1.95 bits per heavy atom. The second-order valence-corrected chi connectivity index (χ2v) is 6.82. The molecule has 0 saturated heterocycles. The molecule has 20 heavy (non-hydrogen) atoms. The van der Waals surface area contributed by atoms with Crippen molar-refractivity contribution < 1.29 is 8.42 Å². The van der Waals surface area contributed by atoms with Gasteiger partial charge in [0.1, 0.15) is 10.7 Å². The molecule has 0 aliphatic heterocycles. The van der Waals surface area contributed by atoms with Crippen molar-refractivity contribution in [2.24, 2.45) is 5.92 Å². The minimum atomic E-state index is -3.49. The molecular formula is C14H25N3O2S. The van der Waals surface area contributed by atoms with Crippen LogP contribution in [0.5, 0.6) is 0 Å². The second kappa shape index (κ2) is 7.59. The van der Waals surface area contributed by atoms with Crippen LogP contribution >= 0.6 is 0 Å². The van der Waals surface area contributed by atoms with Gasteiger partial charge in [0.05, 0.1) is 0 Å². The maximum atomic E-state index is 12.2. The summed E-state index contributed by atoms with van der Waals surface area (Å²) in [4.78, 5) is 4.33. The lowest BCUT2D eigenvalue weighted by atomic mass is 10.0. The summed E-state index contributed by atoms with van der Waals surface area (Å²) < 4.78 is 27.1. The summed E-state index contributed by atoms with van der Waals surface area (Å²) in [5.74, 6) is 0.990. The van der Waals surface area contributed by atoms with Gasteiger partial charge in [-0.25, -0.2) is 18.1 Å². The Labute approximate surface area is 122 Å². The van der Waals surface area contributed by atoms with Crippen molar-refractivity contribution in [2.45, 2.75) is 51.5 Å². The average Bonchev–Trinajstić information content (AvgIpc) is 2.44. The molecular weight excluding hydrogens is 274 g/mol. The first-order valence-corrected chi connectivity index (χ1v) is 8.61. The molecule has 5 nitrogen and oxygen atoms in total. The first kappa shape index (κ1) is 16.9. The summed E-state index contributed by atoms with van der Waals surface area (Å²) in [7, 11) is -3.49. The van der Waals surface area contributed by atoms with E-state index in [0.29, 0.717) is 11.7 Å². The Kier molecular flexibility index (Phi) is 6.42. The molecule has 0 aliphatic carbocycles. The monoisotopic (exact) mass is 299 g/mol. The number of nitrogens with zero attached hydrogens (tertiary/aromatic N) is 1. The summed E-state index contributed by atoms with van der Waals surface area (Å²) in [6, 6.07) is 3.18. The largest absolute Gasteiger partial charge is 0.370 e. The number of sulfonamides is 1. The van der Waals surface area contributed by atoms with Crippen LogP contribution in [0.3, 0.4) is 0 Å². The van der Waals surface area contributed by atoms with E-state index in [0.717, 1.165) is 19.4 Å². The van der Waals surface area contributed by atoms with Crippen molar-refractivity contribution in [3.8, 4) is 0 Å². The molecule has 6 heteroatoms. The number of rotatable bonds is 8. The lowest BCUT2D eigenvalue weighted by Crippen LogP contribution is -2.36. The van der Waals surface area contributed by atoms with Crippen LogP contribution in [-0.4, -0.2) is 26.0 Å². The van der Waals surface area contributed by atoms with Crippen LogP contribution in [0.2, 0.25) is 0 Å². The van der Waals surface area contributed by atoms with E-state index in [-0.39, 0.29) is 10.9 Å². The Bertz CT molecular complexity index is 500. The number of anilines is 1. The highest BCUT2D eigenvalue weighted by molar-refractivity contribution is 7.89. The summed E-state index contributed by atoms with van der Waals surface area (Å²) in [5, 5.41) is 3.11. The third kappa shape index (κ3) is 4.76. The van der Waals surface area contributed by atoms with Crippen molar-refractivity contribution >= 4 is 15.8 Å². The molecule has 1 aromatic heterocycles. The van der Waals surface area contributed by atoms with E-state index in [9.17, 15) is 8.42 Å². The van der Waals surface area contributed by atoms with Crippen molar-refractivity contribution in [3.05, 3.63) is 18.3 Å². The number of hydrogen-bond donors (Lipinski definition) is 2. The Hall–Kier alpha value is -1.14. The van der Waals surface area contributed by atoms with Crippen molar-refractivity contribution in [1.82, 2.24) is 9.71 Å². The van der Waals surface area contributed by atoms with Crippen LogP contribution < -0.4 is 10.0 Å². The summed E-state index contributed by atoms with van der Waals surface area (Å²) in [6.45, 7) is 8.85. The molecule has 1 heterocycles. The fraction of sp³-hybridized carbons (Fsp3) is 0.643. The lowest BCUT2D eigenvalue weighted by molar-refractivity contribution is 0.434. The predicted molar refractivity (Wildman–Crippen MR) is 82.3 cm³/mol. The van der Waals surface area contributed by atoms with Gasteiger partial charge in [-0.05, 0) is 31.4 Å². The van der Waals surface area contributed by atoms with Crippen LogP contribution in [0.15, 0.2) is 23.2 Å². The molecule has 2 atom stereocenters. The zero-order valence-corrected chi connectivity index (χ0v) is 13.5. The van der Waals surface area contributed by atoms with Gasteiger partial charge in [-0.2, -0.15) is 0 Å². The SMILES string of the molecule is CCCNc1ccc(S(=O)(=O)NC(C)C(C)CC)cn1. The molecule has 0 radical (unpaired) electrons. The van der Waals surface area contributed by atoms with Gasteiger partial charge in [0.15, 0.2) is 0 Å². The topological polar surface area (TPSA) is 71.1 Å². The minimum Gasteiger partial charge on any atom is -0.370 e. The summed E-state index contributed by atoms with van der Waals surface area (Å²) in [6.07, 6.45) is 3.32. The molecule has 0 saturated carbocycles. The highest BCUT2D eigenvalue weighted by Crippen LogP contribution is 2.14. The molecule has 2 N–H and O–H groups in total. The van der Waals surface area contributed by atoms with Crippen molar-refractivity contribution in [2.75, 3.05) is 11.9 Å². The maximum absolute atomic E-state index is 12.2. The Morgan fingerprint density at radius 3 is 2.45 bits per heavy atom. The maximum Gasteiger partial charge on any atom is 0.242 e.